The molecule has 0 fully saturated rings. The fraction of sp³-hybridized carbons (Fsp3) is 0. The monoisotopic (exact) mass is 223 g/mol. The fourth-order valence-electron chi connectivity index (χ4n) is 0. The summed E-state index contributed by atoms with van der Waals surface area (Å²) in [7, 11) is -1.50. The maximum atomic E-state index is 9.51. The van der Waals surface area contributed by atoms with Crippen molar-refractivity contribution < 1.29 is 6.72 Å². The number of hydrogen-bond donors (Lipinski definition) is 0. The van der Waals surface area contributed by atoms with Gasteiger partial charge in [-0.2, -0.15) is 0 Å². The van der Waals surface area contributed by atoms with E-state index in [1.165, 1.54) is 23.0 Å². The van der Waals surface area contributed by atoms with Gasteiger partial charge in [-0.25, -0.2) is 11.2 Å². The molecule has 0 heterocycles. The van der Waals surface area contributed by atoms with E-state index in [1.54, 1.807) is 0 Å². The van der Waals surface area contributed by atoms with Crippen LogP contribution in [0.15, 0.2) is 0 Å². The SMILES string of the molecule is O=[S-](=S)OI. The molecule has 0 aromatic heterocycles. The van der Waals surface area contributed by atoms with Gasteiger partial charge in [-0.1, -0.05) is 9.64 Å². The molecule has 0 atom stereocenters. The molecular formula is IO2S2-. The van der Waals surface area contributed by atoms with Gasteiger partial charge < -0.3 is 6.72 Å². The molecule has 0 bridgehead atoms. The Morgan fingerprint density at radius 2 is 2.20 bits per heavy atom. The van der Waals surface area contributed by atoms with Crippen molar-refractivity contribution in [3.8, 4) is 0 Å². The second kappa shape index (κ2) is 3.26. The lowest BCUT2D eigenvalue weighted by Gasteiger charge is -1.83. The number of hydrogen-bond acceptors (Lipinski definition) is 4. The zero-order valence-corrected chi connectivity index (χ0v) is 5.80. The molecule has 0 aliphatic heterocycles. The molecule has 0 N–H and O–H groups in total. The second-order valence-corrected chi connectivity index (χ2v) is 2.70. The summed E-state index contributed by atoms with van der Waals surface area (Å²) in [5.41, 5.74) is 0. The van der Waals surface area contributed by atoms with Crippen LogP contribution in [-0.2, 0) is 27.5 Å². The lowest BCUT2D eigenvalue weighted by molar-refractivity contribution is 0.574. The molecule has 0 saturated carbocycles. The average Bonchev–Trinajstić information content (AvgIpc) is 1.38. The van der Waals surface area contributed by atoms with Gasteiger partial charge in [-0.15, -0.1) is 0 Å². The highest BCUT2D eigenvalue weighted by Crippen LogP contribution is 1.81. The van der Waals surface area contributed by atoms with Crippen molar-refractivity contribution in [1.29, 1.82) is 0 Å². The van der Waals surface area contributed by atoms with Crippen LogP contribution < -0.4 is 0 Å². The van der Waals surface area contributed by atoms with E-state index >= 15 is 0 Å². The Hall–Kier alpha value is 1.06. The van der Waals surface area contributed by atoms with Gasteiger partial charge in [-0.05, 0) is 0 Å². The molecule has 32 valence electrons. The van der Waals surface area contributed by atoms with E-state index in [0.717, 1.165) is 0 Å². The molecule has 5 heteroatoms. The van der Waals surface area contributed by atoms with Crippen molar-refractivity contribution in [3.63, 3.8) is 0 Å². The molecule has 0 unspecified atom stereocenters. The predicted molar refractivity (Wildman–Crippen MR) is 30.5 cm³/mol. The molecule has 2 nitrogen and oxygen atoms in total. The summed E-state index contributed by atoms with van der Waals surface area (Å²) in [4.78, 5) is 0. The van der Waals surface area contributed by atoms with Crippen LogP contribution in [0.25, 0.3) is 0 Å². The fourth-order valence-corrected chi connectivity index (χ4v) is 0. The third-order valence-corrected chi connectivity index (χ3v) is 2.07. The van der Waals surface area contributed by atoms with E-state index in [-0.39, 0.29) is 0 Å². The lowest BCUT2D eigenvalue weighted by Crippen LogP contribution is -1.57. The molecule has 0 amide bonds. The van der Waals surface area contributed by atoms with E-state index in [9.17, 15) is 4.21 Å². The van der Waals surface area contributed by atoms with Gasteiger partial charge >= 0.3 is 0 Å². The molecule has 0 spiro atoms. The maximum Gasteiger partial charge on any atom is 0.0886 e. The van der Waals surface area contributed by atoms with Crippen molar-refractivity contribution >= 4 is 43.8 Å². The molecule has 0 aromatic carbocycles. The highest BCUT2D eigenvalue weighted by atomic mass is 127. The minimum absolute atomic E-state index is 1.47. The van der Waals surface area contributed by atoms with Crippen LogP contribution in [-0.4, -0.2) is 0 Å². The Labute approximate surface area is 50.5 Å². The predicted octanol–water partition coefficient (Wildman–Crippen LogP) is 0.694. The van der Waals surface area contributed by atoms with Gasteiger partial charge in [0.25, 0.3) is 0 Å². The topological polar surface area (TPSA) is 26.3 Å². The summed E-state index contributed by atoms with van der Waals surface area (Å²) >= 11 is 5.50. The third-order valence-electron chi connectivity index (χ3n) is 0.0514. The van der Waals surface area contributed by atoms with Gasteiger partial charge in [0.15, 0.2) is 0 Å². The molecule has 0 radical (unpaired) electrons. The van der Waals surface area contributed by atoms with Crippen molar-refractivity contribution in [2.24, 2.45) is 0 Å². The van der Waals surface area contributed by atoms with E-state index in [2.05, 4.69) is 13.7 Å². The van der Waals surface area contributed by atoms with E-state index in [1.807, 2.05) is 0 Å². The highest BCUT2D eigenvalue weighted by Gasteiger charge is 1.43. The zero-order valence-electron chi connectivity index (χ0n) is 2.01. The van der Waals surface area contributed by atoms with Crippen LogP contribution in [0.1, 0.15) is 0 Å². The van der Waals surface area contributed by atoms with E-state index in [4.69, 9.17) is 0 Å². The summed E-state index contributed by atoms with van der Waals surface area (Å²) in [6, 6.07) is 0. The third kappa shape index (κ3) is 5.06. The Balaban J connectivity index is 3.23. The van der Waals surface area contributed by atoms with Gasteiger partial charge in [0.05, 0.1) is 23.0 Å². The first-order valence-electron chi connectivity index (χ1n) is 0.654. The van der Waals surface area contributed by atoms with Gasteiger partial charge in [0.2, 0.25) is 0 Å². The highest BCUT2D eigenvalue weighted by molar-refractivity contribution is 14.1. The summed E-state index contributed by atoms with van der Waals surface area (Å²) in [5.74, 6) is 0. The Morgan fingerprint density at radius 3 is 2.20 bits per heavy atom. The summed E-state index contributed by atoms with van der Waals surface area (Å²) in [6.45, 7) is 0. The molecule has 0 saturated heterocycles. The van der Waals surface area contributed by atoms with Crippen molar-refractivity contribution in [2.45, 2.75) is 0 Å². The first kappa shape index (κ1) is 6.06. The van der Waals surface area contributed by atoms with Crippen LogP contribution in [0.3, 0.4) is 0 Å². The zero-order chi connectivity index (χ0) is 4.28. The normalized spacial score (nSPS) is 9.20. The molecule has 0 rings (SSSR count). The van der Waals surface area contributed by atoms with E-state index < -0.39 is 9.64 Å². The van der Waals surface area contributed by atoms with Crippen LogP contribution in [0.4, 0.5) is 0 Å². The molecular weight excluding hydrogens is 223 g/mol. The summed E-state index contributed by atoms with van der Waals surface area (Å²) < 4.78 is 13.5. The largest absolute Gasteiger partial charge is 0.424 e. The molecule has 0 aliphatic carbocycles. The molecule has 0 aliphatic rings. The quantitative estimate of drug-likeness (QED) is 0.483. The Morgan fingerprint density at radius 1 is 2.00 bits per heavy atom. The lowest BCUT2D eigenvalue weighted by atomic mass is 15.9. The van der Waals surface area contributed by atoms with Crippen molar-refractivity contribution in [1.82, 2.24) is 0 Å². The Bertz CT molecular complexity index is 65.7. The van der Waals surface area contributed by atoms with E-state index in [0.29, 0.717) is 0 Å². The van der Waals surface area contributed by atoms with Gasteiger partial charge in [0.1, 0.15) is 0 Å². The van der Waals surface area contributed by atoms with Gasteiger partial charge in [0, 0.05) is 0 Å². The summed E-state index contributed by atoms with van der Waals surface area (Å²) in [5, 5.41) is 0. The van der Waals surface area contributed by atoms with Crippen molar-refractivity contribution in [2.75, 3.05) is 0 Å². The first-order valence-corrected chi connectivity index (χ1v) is 3.54. The van der Waals surface area contributed by atoms with Gasteiger partial charge in [-0.3, -0.25) is 0 Å². The minimum atomic E-state index is -1.50. The second-order valence-electron chi connectivity index (χ2n) is 0.267. The van der Waals surface area contributed by atoms with Crippen LogP contribution in [0.2, 0.25) is 0 Å². The molecule has 5 heavy (non-hydrogen) atoms. The number of halogens is 1. The summed E-state index contributed by atoms with van der Waals surface area (Å²) in [6.07, 6.45) is 0. The van der Waals surface area contributed by atoms with Crippen molar-refractivity contribution in [3.05, 3.63) is 0 Å². The number of rotatable bonds is 1. The molecule has 0 aromatic rings. The standard InChI is InChI=1S/IO2S2/c1-3-5(2)4/q-1. The first-order chi connectivity index (χ1) is 2.27. The van der Waals surface area contributed by atoms with Crippen LogP contribution >= 0.6 is 23.0 Å². The Kier molecular flexibility index (Phi) is 3.95. The maximum absolute atomic E-state index is 9.51. The average molecular weight is 223 g/mol. The van der Waals surface area contributed by atoms with Crippen LogP contribution in [0.5, 0.6) is 0 Å². The minimum Gasteiger partial charge on any atom is -0.424 e. The van der Waals surface area contributed by atoms with Crippen LogP contribution in [0, 0.1) is 0 Å². The smallest absolute Gasteiger partial charge is 0.0886 e.